The first-order valence-electron chi connectivity index (χ1n) is 7.31. The first kappa shape index (κ1) is 16.0. The van der Waals surface area contributed by atoms with Crippen molar-refractivity contribution in [3.8, 4) is 0 Å². The maximum Gasteiger partial charge on any atom is 0.228 e. The molecule has 6 heteroatoms. The lowest BCUT2D eigenvalue weighted by Crippen LogP contribution is -2.31. The minimum absolute atomic E-state index is 0.00885. The Morgan fingerprint density at radius 1 is 1.41 bits per heavy atom. The summed E-state index contributed by atoms with van der Waals surface area (Å²) in [5, 5.41) is 16.2. The highest BCUT2D eigenvalue weighted by Gasteiger charge is 2.15. The number of anilines is 2. The van der Waals surface area contributed by atoms with Crippen LogP contribution in [0.4, 0.5) is 11.4 Å². The zero-order chi connectivity index (χ0) is 15.9. The number of aromatic nitrogens is 2. The molecule has 1 aromatic carbocycles. The average molecular weight is 302 g/mol. The molecule has 2 rings (SSSR count). The van der Waals surface area contributed by atoms with Gasteiger partial charge in [-0.15, -0.1) is 0 Å². The third-order valence-electron chi connectivity index (χ3n) is 3.37. The summed E-state index contributed by atoms with van der Waals surface area (Å²) in [4.78, 5) is 13.9. The molecule has 0 aliphatic carbocycles. The Kier molecular flexibility index (Phi) is 5.55. The van der Waals surface area contributed by atoms with Gasteiger partial charge in [-0.25, -0.2) is 0 Å². The topological polar surface area (TPSA) is 70.4 Å². The number of hydrogen-bond donors (Lipinski definition) is 2. The van der Waals surface area contributed by atoms with E-state index in [2.05, 4.69) is 10.4 Å². The molecule has 0 saturated carbocycles. The molecule has 1 heterocycles. The van der Waals surface area contributed by atoms with Gasteiger partial charge in [-0.1, -0.05) is 18.2 Å². The molecule has 22 heavy (non-hydrogen) atoms. The van der Waals surface area contributed by atoms with Gasteiger partial charge >= 0.3 is 0 Å². The Morgan fingerprint density at radius 3 is 2.82 bits per heavy atom. The second-order valence-electron chi connectivity index (χ2n) is 5.25. The molecule has 6 nitrogen and oxygen atoms in total. The normalized spacial score (nSPS) is 12.0. The zero-order valence-corrected chi connectivity index (χ0v) is 12.9. The van der Waals surface area contributed by atoms with Crippen molar-refractivity contribution in [3.05, 3.63) is 42.7 Å². The van der Waals surface area contributed by atoms with Gasteiger partial charge in [-0.2, -0.15) is 5.10 Å². The van der Waals surface area contributed by atoms with E-state index in [1.165, 1.54) is 0 Å². The summed E-state index contributed by atoms with van der Waals surface area (Å²) in [6, 6.07) is 9.57. The summed E-state index contributed by atoms with van der Waals surface area (Å²) in [7, 11) is 1.78. The van der Waals surface area contributed by atoms with Crippen molar-refractivity contribution in [1.29, 1.82) is 0 Å². The van der Waals surface area contributed by atoms with Crippen molar-refractivity contribution < 1.29 is 9.90 Å². The predicted molar refractivity (Wildman–Crippen MR) is 86.9 cm³/mol. The summed E-state index contributed by atoms with van der Waals surface area (Å²) in [6.07, 6.45) is 3.90. The van der Waals surface area contributed by atoms with Crippen LogP contribution in [0.3, 0.4) is 0 Å². The molecule has 0 saturated heterocycles. The minimum atomic E-state index is -0.00885. The van der Waals surface area contributed by atoms with Gasteiger partial charge in [0, 0.05) is 31.4 Å². The summed E-state index contributed by atoms with van der Waals surface area (Å²) in [6.45, 7) is 2.48. The highest BCUT2D eigenvalue weighted by molar-refractivity contribution is 5.93. The molecule has 118 valence electrons. The third kappa shape index (κ3) is 4.33. The van der Waals surface area contributed by atoms with E-state index in [4.69, 9.17) is 5.11 Å². The van der Waals surface area contributed by atoms with Crippen LogP contribution in [-0.2, 0) is 11.3 Å². The first-order chi connectivity index (χ1) is 10.6. The SMILES string of the molecule is CC(CC(=O)N(C)c1ccccc1)Nc1cnn(CCO)c1. The molecule has 2 aromatic rings. The van der Waals surface area contributed by atoms with Gasteiger partial charge in [0.15, 0.2) is 0 Å². The first-order valence-corrected chi connectivity index (χ1v) is 7.31. The smallest absolute Gasteiger partial charge is 0.228 e. The van der Waals surface area contributed by atoms with Crippen molar-refractivity contribution in [2.75, 3.05) is 23.9 Å². The standard InChI is InChI=1S/C16H22N4O2/c1-13(18-14-11-17-20(12-14)8-9-21)10-16(22)19(2)15-6-4-3-5-7-15/h3-7,11-13,18,21H,8-10H2,1-2H3. The Morgan fingerprint density at radius 2 is 2.14 bits per heavy atom. The second-order valence-corrected chi connectivity index (χ2v) is 5.25. The average Bonchev–Trinajstić information content (AvgIpc) is 2.94. The van der Waals surface area contributed by atoms with Crippen LogP contribution < -0.4 is 10.2 Å². The number of para-hydroxylation sites is 1. The van der Waals surface area contributed by atoms with E-state index in [0.29, 0.717) is 13.0 Å². The Labute approximate surface area is 130 Å². The highest BCUT2D eigenvalue weighted by Crippen LogP contribution is 2.14. The molecule has 1 aromatic heterocycles. The fourth-order valence-electron chi connectivity index (χ4n) is 2.19. The second kappa shape index (κ2) is 7.61. The van der Waals surface area contributed by atoms with Gasteiger partial charge in [0.05, 0.1) is 25.0 Å². The van der Waals surface area contributed by atoms with Gasteiger partial charge in [-0.05, 0) is 19.1 Å². The molecule has 1 amide bonds. The summed E-state index contributed by atoms with van der Waals surface area (Å²) in [5.74, 6) is 0.0500. The predicted octanol–water partition coefficient (Wildman–Crippen LogP) is 1.73. The third-order valence-corrected chi connectivity index (χ3v) is 3.37. The van der Waals surface area contributed by atoms with E-state index in [-0.39, 0.29) is 18.6 Å². The number of aliphatic hydroxyl groups is 1. The van der Waals surface area contributed by atoms with Crippen molar-refractivity contribution in [2.24, 2.45) is 0 Å². The molecular weight excluding hydrogens is 280 g/mol. The van der Waals surface area contributed by atoms with E-state index in [1.54, 1.807) is 22.8 Å². The summed E-state index contributed by atoms with van der Waals surface area (Å²) < 4.78 is 1.66. The van der Waals surface area contributed by atoms with Gasteiger partial charge in [0.2, 0.25) is 5.91 Å². The van der Waals surface area contributed by atoms with Crippen molar-refractivity contribution in [1.82, 2.24) is 9.78 Å². The summed E-state index contributed by atoms with van der Waals surface area (Å²) >= 11 is 0. The number of carbonyl (C=O) groups excluding carboxylic acids is 1. The van der Waals surface area contributed by atoms with E-state index < -0.39 is 0 Å². The Balaban J connectivity index is 1.88. The summed E-state index contributed by atoms with van der Waals surface area (Å²) in [5.41, 5.74) is 1.73. The number of nitrogens with one attached hydrogen (secondary N) is 1. The molecule has 0 spiro atoms. The molecule has 0 bridgehead atoms. The lowest BCUT2D eigenvalue weighted by atomic mass is 10.2. The molecule has 0 aliphatic rings. The van der Waals surface area contributed by atoms with Crippen LogP contribution in [0, 0.1) is 0 Å². The molecule has 0 radical (unpaired) electrons. The van der Waals surface area contributed by atoms with Crippen LogP contribution >= 0.6 is 0 Å². The lowest BCUT2D eigenvalue weighted by molar-refractivity contribution is -0.118. The van der Waals surface area contributed by atoms with Crippen LogP contribution in [0.1, 0.15) is 13.3 Å². The van der Waals surface area contributed by atoms with E-state index in [1.807, 2.05) is 43.5 Å². The van der Waals surface area contributed by atoms with Crippen LogP contribution in [0.25, 0.3) is 0 Å². The molecule has 2 N–H and O–H groups in total. The van der Waals surface area contributed by atoms with Crippen molar-refractivity contribution >= 4 is 17.3 Å². The molecule has 1 atom stereocenters. The number of benzene rings is 1. The van der Waals surface area contributed by atoms with E-state index in [9.17, 15) is 4.79 Å². The molecular formula is C16H22N4O2. The minimum Gasteiger partial charge on any atom is -0.394 e. The monoisotopic (exact) mass is 302 g/mol. The molecule has 0 aliphatic heterocycles. The quantitative estimate of drug-likeness (QED) is 0.817. The zero-order valence-electron chi connectivity index (χ0n) is 12.9. The number of carbonyl (C=O) groups is 1. The van der Waals surface area contributed by atoms with Crippen LogP contribution in [-0.4, -0.2) is 40.5 Å². The van der Waals surface area contributed by atoms with Crippen molar-refractivity contribution in [2.45, 2.75) is 25.9 Å². The lowest BCUT2D eigenvalue weighted by Gasteiger charge is -2.20. The van der Waals surface area contributed by atoms with Crippen LogP contribution in [0.15, 0.2) is 42.7 Å². The van der Waals surface area contributed by atoms with Gasteiger partial charge in [0.25, 0.3) is 0 Å². The van der Waals surface area contributed by atoms with E-state index >= 15 is 0 Å². The molecule has 0 fully saturated rings. The Hall–Kier alpha value is -2.34. The number of aliphatic hydroxyl groups excluding tert-OH is 1. The highest BCUT2D eigenvalue weighted by atomic mass is 16.3. The van der Waals surface area contributed by atoms with Crippen LogP contribution in [0.2, 0.25) is 0 Å². The maximum atomic E-state index is 12.3. The number of amides is 1. The fraction of sp³-hybridized carbons (Fsp3) is 0.375. The van der Waals surface area contributed by atoms with Gasteiger partial charge < -0.3 is 15.3 Å². The number of nitrogens with zero attached hydrogens (tertiary/aromatic N) is 3. The maximum absolute atomic E-state index is 12.3. The number of rotatable bonds is 7. The fourth-order valence-corrected chi connectivity index (χ4v) is 2.19. The van der Waals surface area contributed by atoms with Crippen LogP contribution in [0.5, 0.6) is 0 Å². The molecule has 1 unspecified atom stereocenters. The van der Waals surface area contributed by atoms with Gasteiger partial charge in [-0.3, -0.25) is 9.48 Å². The number of hydrogen-bond acceptors (Lipinski definition) is 4. The van der Waals surface area contributed by atoms with E-state index in [0.717, 1.165) is 11.4 Å². The largest absolute Gasteiger partial charge is 0.394 e. The Bertz CT molecular complexity index is 597. The van der Waals surface area contributed by atoms with Crippen molar-refractivity contribution in [3.63, 3.8) is 0 Å². The van der Waals surface area contributed by atoms with Gasteiger partial charge in [0.1, 0.15) is 0 Å².